The van der Waals surface area contributed by atoms with Crippen molar-refractivity contribution in [3.63, 3.8) is 0 Å². The second-order valence-corrected chi connectivity index (χ2v) is 2.06. The summed E-state index contributed by atoms with van der Waals surface area (Å²) in [4.78, 5) is 14.0. The Bertz CT molecular complexity index is 203. The Morgan fingerprint density at radius 2 is 2.46 bits per heavy atom. The van der Waals surface area contributed by atoms with Gasteiger partial charge in [0, 0.05) is 13.3 Å². The minimum absolute atomic E-state index is 0.218. The molecule has 3 N–H and O–H groups in total. The fourth-order valence-electron chi connectivity index (χ4n) is 0.484. The van der Waals surface area contributed by atoms with Gasteiger partial charge in [-0.3, -0.25) is 10.2 Å². The average molecular weight is 187 g/mol. The predicted molar refractivity (Wildman–Crippen MR) is 47.3 cm³/mol. The van der Waals surface area contributed by atoms with Gasteiger partial charge in [-0.2, -0.15) is 0 Å². The molecule has 6 heteroatoms. The van der Waals surface area contributed by atoms with E-state index in [4.69, 9.17) is 4.74 Å². The van der Waals surface area contributed by atoms with Crippen LogP contribution in [0, 0.1) is 0 Å². The number of rotatable bonds is 1. The summed E-state index contributed by atoms with van der Waals surface area (Å²) in [6.07, 6.45) is 4.21. The van der Waals surface area contributed by atoms with E-state index in [1.54, 1.807) is 6.26 Å². The summed E-state index contributed by atoms with van der Waals surface area (Å²) in [6, 6.07) is 0. The number of nitrogens with zero attached hydrogens (tertiary/aromatic N) is 1. The molecule has 1 amide bonds. The molecule has 0 aliphatic carbocycles. The minimum Gasteiger partial charge on any atom is -0.448 e. The lowest BCUT2D eigenvalue weighted by Gasteiger charge is -1.91. The maximum atomic E-state index is 9.58. The van der Waals surface area contributed by atoms with Crippen LogP contribution in [0.15, 0.2) is 17.5 Å². The number of nitrogens with two attached hydrogens (primary N) is 1. The Hall–Kier alpha value is -1.56. The number of hydrazine groups is 1. The monoisotopic (exact) mass is 187 g/mol. The van der Waals surface area contributed by atoms with Gasteiger partial charge in [0.05, 0.1) is 6.26 Å². The van der Waals surface area contributed by atoms with Crippen molar-refractivity contribution in [1.82, 2.24) is 5.43 Å². The molecule has 0 fully saturated rings. The Balaban J connectivity index is 0.000000252. The molecule has 0 aromatic rings. The average Bonchev–Trinajstić information content (AvgIpc) is 2.59. The summed E-state index contributed by atoms with van der Waals surface area (Å²) in [5, 5.41) is 3.56. The maximum absolute atomic E-state index is 9.58. The number of hydrogen-bond acceptors (Lipinski definition) is 5. The van der Waals surface area contributed by atoms with E-state index in [-0.39, 0.29) is 5.91 Å². The summed E-state index contributed by atoms with van der Waals surface area (Å²) in [7, 11) is 1.49. The highest BCUT2D eigenvalue weighted by Crippen LogP contribution is 2.00. The van der Waals surface area contributed by atoms with E-state index in [2.05, 4.69) is 15.8 Å². The van der Waals surface area contributed by atoms with Crippen LogP contribution >= 0.6 is 0 Å². The van der Waals surface area contributed by atoms with E-state index in [1.807, 2.05) is 11.5 Å². The van der Waals surface area contributed by atoms with E-state index in [9.17, 15) is 4.79 Å². The molecular formula is C7H13N3O3. The van der Waals surface area contributed by atoms with Crippen molar-refractivity contribution in [3.8, 4) is 0 Å². The highest BCUT2D eigenvalue weighted by Gasteiger charge is 2.01. The van der Waals surface area contributed by atoms with Gasteiger partial charge in [0.1, 0.15) is 7.11 Å². The smallest absolute Gasteiger partial charge is 0.234 e. The summed E-state index contributed by atoms with van der Waals surface area (Å²) in [5.74, 6) is 4.97. The van der Waals surface area contributed by atoms with Gasteiger partial charge in [-0.15, -0.1) is 0 Å². The van der Waals surface area contributed by atoms with Gasteiger partial charge in [-0.1, -0.05) is 5.16 Å². The van der Waals surface area contributed by atoms with E-state index in [0.29, 0.717) is 5.90 Å². The highest BCUT2D eigenvalue weighted by atomic mass is 16.6. The first-order valence-electron chi connectivity index (χ1n) is 3.59. The molecule has 0 unspecified atom stereocenters. The first kappa shape index (κ1) is 11.4. The van der Waals surface area contributed by atoms with Gasteiger partial charge in [0.2, 0.25) is 11.8 Å². The molecule has 1 aliphatic heterocycles. The third-order valence-corrected chi connectivity index (χ3v) is 0.989. The van der Waals surface area contributed by atoms with E-state index < -0.39 is 0 Å². The molecule has 0 atom stereocenters. The zero-order valence-corrected chi connectivity index (χ0v) is 7.61. The molecule has 1 aliphatic rings. The van der Waals surface area contributed by atoms with Gasteiger partial charge in [0.15, 0.2) is 0 Å². The molecule has 0 bridgehead atoms. The van der Waals surface area contributed by atoms with Crippen LogP contribution < -0.4 is 11.3 Å². The number of amides is 1. The van der Waals surface area contributed by atoms with Gasteiger partial charge in [-0.05, 0) is 6.08 Å². The lowest BCUT2D eigenvalue weighted by molar-refractivity contribution is -0.119. The van der Waals surface area contributed by atoms with Crippen molar-refractivity contribution in [1.29, 1.82) is 0 Å². The first-order valence-corrected chi connectivity index (χ1v) is 3.59. The highest BCUT2D eigenvalue weighted by molar-refractivity contribution is 5.79. The van der Waals surface area contributed by atoms with Crippen LogP contribution in [0.3, 0.4) is 0 Å². The summed E-state index contributed by atoms with van der Waals surface area (Å²) >= 11 is 0. The number of carbonyl (C=O) groups is 1. The zero-order chi connectivity index (χ0) is 10.1. The molecule has 0 radical (unpaired) electrons. The topological polar surface area (TPSA) is 85.9 Å². The van der Waals surface area contributed by atoms with Crippen LogP contribution in [-0.4, -0.2) is 18.9 Å². The molecule has 74 valence electrons. The normalized spacial score (nSPS) is 15.8. The fourth-order valence-corrected chi connectivity index (χ4v) is 0.484. The van der Waals surface area contributed by atoms with Crippen molar-refractivity contribution in [2.75, 3.05) is 7.11 Å². The summed E-state index contributed by atoms with van der Waals surface area (Å²) in [6.45, 7) is 1.35. The van der Waals surface area contributed by atoms with Gasteiger partial charge in [-0.25, -0.2) is 5.84 Å². The summed E-state index contributed by atoms with van der Waals surface area (Å²) < 4.78 is 4.84. The molecule has 0 aromatic carbocycles. The Labute approximate surface area is 76.3 Å². The van der Waals surface area contributed by atoms with Crippen LogP contribution in [0.5, 0.6) is 0 Å². The molecule has 1 rings (SSSR count). The lowest BCUT2D eigenvalue weighted by Crippen LogP contribution is -2.26. The maximum Gasteiger partial charge on any atom is 0.234 e. The lowest BCUT2D eigenvalue weighted by atomic mass is 10.5. The number of hydrogen-bond donors (Lipinski definition) is 2. The predicted octanol–water partition coefficient (Wildman–Crippen LogP) is -0.123. The molecule has 0 saturated carbocycles. The fraction of sp³-hybridized carbons (Fsp3) is 0.429. The third-order valence-electron chi connectivity index (χ3n) is 0.989. The van der Waals surface area contributed by atoms with Crippen molar-refractivity contribution < 1.29 is 14.4 Å². The second-order valence-electron chi connectivity index (χ2n) is 2.06. The Kier molecular flexibility index (Phi) is 6.26. The number of oxime groups is 1. The number of nitrogens with one attached hydrogen (secondary N) is 1. The number of ether oxygens (including phenoxy) is 1. The van der Waals surface area contributed by atoms with Gasteiger partial charge >= 0.3 is 0 Å². The van der Waals surface area contributed by atoms with Gasteiger partial charge < -0.3 is 9.57 Å². The summed E-state index contributed by atoms with van der Waals surface area (Å²) in [5.41, 5.74) is 1.89. The second kappa shape index (κ2) is 7.11. The molecule has 0 aromatic heterocycles. The molecule has 6 nitrogen and oxygen atoms in total. The van der Waals surface area contributed by atoms with Crippen molar-refractivity contribution in [2.24, 2.45) is 11.0 Å². The standard InChI is InChI=1S/C5H7NO2.C2H6N2O/c1-7-6-5-3-2-4-8-5;1-2(5)4-3/h2,4H,3H2,1H3;3H2,1H3,(H,4,5). The van der Waals surface area contributed by atoms with Crippen LogP contribution in [0.1, 0.15) is 13.3 Å². The van der Waals surface area contributed by atoms with Crippen molar-refractivity contribution in [2.45, 2.75) is 13.3 Å². The molecule has 13 heavy (non-hydrogen) atoms. The van der Waals surface area contributed by atoms with Crippen molar-refractivity contribution in [3.05, 3.63) is 12.3 Å². The van der Waals surface area contributed by atoms with E-state index >= 15 is 0 Å². The molecule has 1 heterocycles. The number of carbonyl (C=O) groups excluding carboxylic acids is 1. The van der Waals surface area contributed by atoms with E-state index in [1.165, 1.54) is 14.0 Å². The van der Waals surface area contributed by atoms with Crippen molar-refractivity contribution >= 4 is 11.8 Å². The third kappa shape index (κ3) is 6.82. The Morgan fingerprint density at radius 3 is 2.77 bits per heavy atom. The van der Waals surface area contributed by atoms with E-state index in [0.717, 1.165) is 6.42 Å². The van der Waals surface area contributed by atoms with Crippen LogP contribution in [0.4, 0.5) is 0 Å². The quantitative estimate of drug-likeness (QED) is 0.340. The zero-order valence-electron chi connectivity index (χ0n) is 7.61. The molecule has 0 spiro atoms. The SMILES string of the molecule is CC(=O)NN.CON=C1CC=CO1. The van der Waals surface area contributed by atoms with Gasteiger partial charge in [0.25, 0.3) is 0 Å². The molecule has 0 saturated heterocycles. The largest absolute Gasteiger partial charge is 0.448 e. The van der Waals surface area contributed by atoms with Crippen LogP contribution in [-0.2, 0) is 14.4 Å². The minimum atomic E-state index is -0.218. The first-order chi connectivity index (χ1) is 6.20. The van der Waals surface area contributed by atoms with Crippen LogP contribution in [0.2, 0.25) is 0 Å². The van der Waals surface area contributed by atoms with Crippen LogP contribution in [0.25, 0.3) is 0 Å². The molecular weight excluding hydrogens is 174 g/mol. The Morgan fingerprint density at radius 1 is 1.85 bits per heavy atom.